The maximum absolute atomic E-state index is 12.9. The highest BCUT2D eigenvalue weighted by Crippen LogP contribution is 2.18. The van der Waals surface area contributed by atoms with Crippen LogP contribution < -0.4 is 0 Å². The molecule has 3 aromatic rings. The Balaban J connectivity index is 1.33. The number of para-hydroxylation sites is 1. The van der Waals surface area contributed by atoms with Crippen LogP contribution >= 0.6 is 0 Å². The van der Waals surface area contributed by atoms with Gasteiger partial charge in [0.2, 0.25) is 11.8 Å². The van der Waals surface area contributed by atoms with E-state index in [4.69, 9.17) is 0 Å². The Morgan fingerprint density at radius 2 is 1.64 bits per heavy atom. The van der Waals surface area contributed by atoms with Gasteiger partial charge in [0.25, 0.3) is 5.91 Å². The summed E-state index contributed by atoms with van der Waals surface area (Å²) in [6.07, 6.45) is 3.93. The van der Waals surface area contributed by atoms with Gasteiger partial charge in [0.1, 0.15) is 0 Å². The third-order valence-corrected chi connectivity index (χ3v) is 5.92. The first-order chi connectivity index (χ1) is 15.9. The number of carbonyl (C=O) groups is 3. The minimum atomic E-state index is -0.145. The van der Waals surface area contributed by atoms with Crippen molar-refractivity contribution in [3.8, 4) is 0 Å². The number of fused-ring (bicyclic) bond motifs is 1. The lowest BCUT2D eigenvalue weighted by atomic mass is 10.1. The number of carbonyl (C=O) groups excluding carboxylic acids is 3. The predicted molar refractivity (Wildman–Crippen MR) is 127 cm³/mol. The first-order valence-corrected chi connectivity index (χ1v) is 10.9. The molecule has 0 atom stereocenters. The molecule has 0 aliphatic carbocycles. The SMILES string of the molecule is CC(=O)N(C)CC(=O)N1CCN(C(=O)c2ccc(C=Cc3n[nH]c4ccccc34)cc2)CC1. The van der Waals surface area contributed by atoms with Gasteiger partial charge in [-0.15, -0.1) is 0 Å². The molecule has 1 aliphatic rings. The van der Waals surface area contributed by atoms with E-state index in [1.807, 2.05) is 60.7 Å². The van der Waals surface area contributed by atoms with Crippen molar-refractivity contribution in [2.75, 3.05) is 39.8 Å². The molecule has 0 saturated carbocycles. The van der Waals surface area contributed by atoms with E-state index in [-0.39, 0.29) is 24.3 Å². The molecule has 1 aliphatic heterocycles. The highest BCUT2D eigenvalue weighted by atomic mass is 16.2. The normalized spacial score (nSPS) is 14.1. The number of aromatic nitrogens is 2. The minimum Gasteiger partial charge on any atom is -0.338 e. The van der Waals surface area contributed by atoms with Gasteiger partial charge in [-0.05, 0) is 29.8 Å². The molecule has 1 N–H and O–H groups in total. The quantitative estimate of drug-likeness (QED) is 0.654. The average molecular weight is 446 g/mol. The Kier molecular flexibility index (Phi) is 6.53. The van der Waals surface area contributed by atoms with E-state index in [0.29, 0.717) is 31.7 Å². The Labute approximate surface area is 192 Å². The van der Waals surface area contributed by atoms with Crippen LogP contribution in [0.25, 0.3) is 23.1 Å². The summed E-state index contributed by atoms with van der Waals surface area (Å²) in [5.41, 5.74) is 3.45. The zero-order valence-electron chi connectivity index (χ0n) is 18.8. The second-order valence-corrected chi connectivity index (χ2v) is 8.16. The van der Waals surface area contributed by atoms with Crippen molar-refractivity contribution in [2.45, 2.75) is 6.92 Å². The lowest BCUT2D eigenvalue weighted by Gasteiger charge is -2.35. The van der Waals surface area contributed by atoms with Crippen molar-refractivity contribution in [3.63, 3.8) is 0 Å². The Morgan fingerprint density at radius 3 is 2.33 bits per heavy atom. The molecule has 1 fully saturated rings. The topological polar surface area (TPSA) is 89.6 Å². The number of nitrogens with one attached hydrogen (secondary N) is 1. The lowest BCUT2D eigenvalue weighted by molar-refractivity contribution is -0.139. The van der Waals surface area contributed by atoms with Gasteiger partial charge in [-0.3, -0.25) is 19.5 Å². The number of piperazine rings is 1. The minimum absolute atomic E-state index is 0.0447. The number of aromatic amines is 1. The second kappa shape index (κ2) is 9.68. The van der Waals surface area contributed by atoms with Crippen LogP contribution in [0.15, 0.2) is 48.5 Å². The van der Waals surface area contributed by atoms with Gasteiger partial charge < -0.3 is 14.7 Å². The lowest BCUT2D eigenvalue weighted by Crippen LogP contribution is -2.52. The standard InChI is InChI=1S/C25H27N5O3/c1-18(31)28(2)17-24(32)29-13-15-30(16-14-29)25(33)20-10-7-19(8-11-20)9-12-23-21-5-3-4-6-22(21)26-27-23/h3-12H,13-17H2,1-2H3,(H,26,27). The smallest absolute Gasteiger partial charge is 0.253 e. The van der Waals surface area contributed by atoms with Crippen molar-refractivity contribution < 1.29 is 14.4 Å². The molecule has 170 valence electrons. The number of hydrogen-bond acceptors (Lipinski definition) is 4. The largest absolute Gasteiger partial charge is 0.338 e. The molecule has 8 nitrogen and oxygen atoms in total. The van der Waals surface area contributed by atoms with Gasteiger partial charge in [-0.1, -0.05) is 36.4 Å². The van der Waals surface area contributed by atoms with Crippen LogP contribution in [0.5, 0.6) is 0 Å². The van der Waals surface area contributed by atoms with Gasteiger partial charge >= 0.3 is 0 Å². The number of benzene rings is 2. The van der Waals surface area contributed by atoms with Crippen molar-refractivity contribution in [2.24, 2.45) is 0 Å². The Morgan fingerprint density at radius 1 is 0.970 bits per heavy atom. The summed E-state index contributed by atoms with van der Waals surface area (Å²) in [4.78, 5) is 41.4. The third-order valence-electron chi connectivity index (χ3n) is 5.92. The van der Waals surface area contributed by atoms with Gasteiger partial charge in [0.15, 0.2) is 0 Å². The summed E-state index contributed by atoms with van der Waals surface area (Å²) in [5, 5.41) is 8.42. The van der Waals surface area contributed by atoms with Crippen molar-refractivity contribution in [1.82, 2.24) is 24.9 Å². The summed E-state index contributed by atoms with van der Waals surface area (Å²) in [6, 6.07) is 15.4. The molecule has 2 heterocycles. The molecule has 0 spiro atoms. The number of rotatable bonds is 5. The van der Waals surface area contributed by atoms with E-state index in [1.165, 1.54) is 11.8 Å². The van der Waals surface area contributed by atoms with Crippen LogP contribution in [-0.4, -0.2) is 82.4 Å². The van der Waals surface area contributed by atoms with E-state index in [1.54, 1.807) is 16.8 Å². The summed E-state index contributed by atoms with van der Waals surface area (Å²) < 4.78 is 0. The molecule has 2 aromatic carbocycles. The van der Waals surface area contributed by atoms with E-state index >= 15 is 0 Å². The van der Waals surface area contributed by atoms with Crippen LogP contribution in [0.2, 0.25) is 0 Å². The number of amides is 3. The average Bonchev–Trinajstić information content (AvgIpc) is 3.25. The van der Waals surface area contributed by atoms with Crippen LogP contribution in [0.4, 0.5) is 0 Å². The molecule has 4 rings (SSSR count). The molecule has 0 bridgehead atoms. The fourth-order valence-electron chi connectivity index (χ4n) is 3.78. The molecule has 1 saturated heterocycles. The molecular formula is C25H27N5O3. The summed E-state index contributed by atoms with van der Waals surface area (Å²) in [6.45, 7) is 3.38. The maximum Gasteiger partial charge on any atom is 0.253 e. The first-order valence-electron chi connectivity index (χ1n) is 10.9. The van der Waals surface area contributed by atoms with Crippen molar-refractivity contribution in [3.05, 3.63) is 65.4 Å². The zero-order chi connectivity index (χ0) is 23.4. The molecule has 8 heteroatoms. The number of H-pyrrole nitrogens is 1. The van der Waals surface area contributed by atoms with Crippen LogP contribution in [0, 0.1) is 0 Å². The second-order valence-electron chi connectivity index (χ2n) is 8.16. The fourth-order valence-corrected chi connectivity index (χ4v) is 3.78. The number of nitrogens with zero attached hydrogens (tertiary/aromatic N) is 4. The summed E-state index contributed by atoms with van der Waals surface area (Å²) >= 11 is 0. The van der Waals surface area contributed by atoms with Crippen molar-refractivity contribution in [1.29, 1.82) is 0 Å². The summed E-state index contributed by atoms with van der Waals surface area (Å²) in [5.74, 6) is -0.287. The van der Waals surface area contributed by atoms with Crippen LogP contribution in [0.1, 0.15) is 28.5 Å². The summed E-state index contributed by atoms with van der Waals surface area (Å²) in [7, 11) is 1.61. The Hall–Kier alpha value is -3.94. The van der Waals surface area contributed by atoms with E-state index in [2.05, 4.69) is 10.2 Å². The van der Waals surface area contributed by atoms with Gasteiger partial charge in [0, 0.05) is 51.1 Å². The van der Waals surface area contributed by atoms with Crippen LogP contribution in [-0.2, 0) is 9.59 Å². The molecule has 0 unspecified atom stereocenters. The Bertz CT molecular complexity index is 1190. The highest BCUT2D eigenvalue weighted by molar-refractivity contribution is 5.95. The maximum atomic E-state index is 12.9. The molecule has 3 amide bonds. The van der Waals surface area contributed by atoms with E-state index in [0.717, 1.165) is 22.2 Å². The molecule has 33 heavy (non-hydrogen) atoms. The van der Waals surface area contributed by atoms with E-state index < -0.39 is 0 Å². The number of likely N-dealkylation sites (N-methyl/N-ethyl adjacent to an activating group) is 1. The first kappa shape index (κ1) is 22.3. The number of hydrogen-bond donors (Lipinski definition) is 1. The fraction of sp³-hybridized carbons (Fsp3) is 0.280. The predicted octanol–water partition coefficient (Wildman–Crippen LogP) is 2.50. The van der Waals surface area contributed by atoms with E-state index in [9.17, 15) is 14.4 Å². The van der Waals surface area contributed by atoms with Gasteiger partial charge in [0.05, 0.1) is 17.8 Å². The van der Waals surface area contributed by atoms with Gasteiger partial charge in [-0.25, -0.2) is 0 Å². The van der Waals surface area contributed by atoms with Gasteiger partial charge in [-0.2, -0.15) is 5.10 Å². The molecule has 1 aromatic heterocycles. The highest BCUT2D eigenvalue weighted by Gasteiger charge is 2.25. The molecule has 0 radical (unpaired) electrons. The molecular weight excluding hydrogens is 418 g/mol. The third kappa shape index (κ3) is 5.11. The zero-order valence-corrected chi connectivity index (χ0v) is 18.8. The van der Waals surface area contributed by atoms with Crippen LogP contribution in [0.3, 0.4) is 0 Å². The van der Waals surface area contributed by atoms with Crippen molar-refractivity contribution >= 4 is 40.8 Å². The monoisotopic (exact) mass is 445 g/mol.